The molecule has 3 heterocycles. The minimum atomic E-state index is -3.59. The molecular weight excluding hydrogens is 412 g/mol. The fourth-order valence-electron chi connectivity index (χ4n) is 4.16. The van der Waals surface area contributed by atoms with Crippen LogP contribution in [0.5, 0.6) is 5.75 Å². The van der Waals surface area contributed by atoms with Gasteiger partial charge in [-0.05, 0) is 51.0 Å². The maximum atomic E-state index is 13.3. The van der Waals surface area contributed by atoms with E-state index in [0.29, 0.717) is 30.2 Å². The summed E-state index contributed by atoms with van der Waals surface area (Å²) in [5.74, 6) is 0.832. The zero-order chi connectivity index (χ0) is 22.0. The van der Waals surface area contributed by atoms with Gasteiger partial charge >= 0.3 is 0 Å². The van der Waals surface area contributed by atoms with Gasteiger partial charge < -0.3 is 4.74 Å². The van der Waals surface area contributed by atoms with E-state index in [2.05, 4.69) is 5.10 Å². The average molecular weight is 441 g/mol. The smallest absolute Gasteiger partial charge is 0.246 e. The van der Waals surface area contributed by atoms with E-state index in [4.69, 9.17) is 9.72 Å². The number of aromatic nitrogens is 3. The van der Waals surface area contributed by atoms with Crippen LogP contribution >= 0.6 is 0 Å². The molecule has 1 aromatic carbocycles. The highest BCUT2D eigenvalue weighted by Crippen LogP contribution is 2.31. The predicted molar refractivity (Wildman–Crippen MR) is 120 cm³/mol. The van der Waals surface area contributed by atoms with Crippen LogP contribution in [0.1, 0.15) is 37.1 Å². The summed E-state index contributed by atoms with van der Waals surface area (Å²) in [6, 6.07) is 13.7. The van der Waals surface area contributed by atoms with Gasteiger partial charge in [-0.3, -0.25) is 9.67 Å². The van der Waals surface area contributed by atoms with E-state index < -0.39 is 10.0 Å². The largest absolute Gasteiger partial charge is 0.497 e. The van der Waals surface area contributed by atoms with Gasteiger partial charge in [0.2, 0.25) is 10.0 Å². The molecule has 0 N–H and O–H groups in total. The predicted octanol–water partition coefficient (Wildman–Crippen LogP) is 3.85. The fraction of sp³-hybridized carbons (Fsp3) is 0.391. The SMILES string of the molecule is CCn1ncc(S(=O)(=O)N2CCC[C@H](c3cccc(-c4cccc(OC)c4)n3)C2)c1C. The van der Waals surface area contributed by atoms with Crippen molar-refractivity contribution in [1.29, 1.82) is 0 Å². The number of hydrogen-bond acceptors (Lipinski definition) is 5. The summed E-state index contributed by atoms with van der Waals surface area (Å²) in [6.07, 6.45) is 3.18. The Morgan fingerprint density at radius 3 is 2.74 bits per heavy atom. The highest BCUT2D eigenvalue weighted by molar-refractivity contribution is 7.89. The van der Waals surface area contributed by atoms with Crippen LogP contribution in [0, 0.1) is 6.92 Å². The summed E-state index contributed by atoms with van der Waals surface area (Å²) in [7, 11) is -1.94. The molecule has 0 radical (unpaired) electrons. The number of ether oxygens (including phenoxy) is 1. The van der Waals surface area contributed by atoms with E-state index in [1.165, 1.54) is 6.20 Å². The van der Waals surface area contributed by atoms with E-state index in [0.717, 1.165) is 35.5 Å². The van der Waals surface area contributed by atoms with Crippen molar-refractivity contribution in [2.24, 2.45) is 0 Å². The van der Waals surface area contributed by atoms with Gasteiger partial charge in [0.1, 0.15) is 10.6 Å². The van der Waals surface area contributed by atoms with Crippen LogP contribution in [0.3, 0.4) is 0 Å². The Hall–Kier alpha value is -2.71. The summed E-state index contributed by atoms with van der Waals surface area (Å²) in [4.78, 5) is 5.17. The Kier molecular flexibility index (Phi) is 6.11. The highest BCUT2D eigenvalue weighted by Gasteiger charge is 2.33. The number of benzene rings is 1. The molecule has 1 aliphatic heterocycles. The molecule has 0 unspecified atom stereocenters. The number of nitrogens with zero attached hydrogens (tertiary/aromatic N) is 4. The van der Waals surface area contributed by atoms with Gasteiger partial charge in [-0.2, -0.15) is 9.40 Å². The van der Waals surface area contributed by atoms with Crippen LogP contribution in [0.2, 0.25) is 0 Å². The lowest BCUT2D eigenvalue weighted by Gasteiger charge is -2.31. The molecule has 0 aliphatic carbocycles. The second-order valence-electron chi connectivity index (χ2n) is 7.79. The lowest BCUT2D eigenvalue weighted by atomic mass is 9.95. The van der Waals surface area contributed by atoms with Crippen molar-refractivity contribution in [3.05, 3.63) is 60.0 Å². The molecule has 1 saturated heterocycles. The number of aryl methyl sites for hydroxylation is 1. The standard InChI is InChI=1S/C23H28N4O3S/c1-4-27-17(2)23(15-24-27)31(28,29)26-13-7-9-19(16-26)22-12-6-11-21(25-22)18-8-5-10-20(14-18)30-3/h5-6,8,10-12,14-15,19H,4,7,9,13,16H2,1-3H3/t19-/m0/s1. The third-order valence-electron chi connectivity index (χ3n) is 5.91. The molecule has 4 rings (SSSR count). The number of sulfonamides is 1. The third kappa shape index (κ3) is 4.22. The summed E-state index contributed by atoms with van der Waals surface area (Å²) in [5, 5.41) is 4.22. The van der Waals surface area contributed by atoms with Gasteiger partial charge in [-0.15, -0.1) is 0 Å². The minimum absolute atomic E-state index is 0.0515. The molecule has 7 nitrogen and oxygen atoms in total. The molecule has 2 aromatic heterocycles. The summed E-state index contributed by atoms with van der Waals surface area (Å²) in [5.41, 5.74) is 3.43. The Morgan fingerprint density at radius 2 is 2.00 bits per heavy atom. The molecule has 0 amide bonds. The molecule has 164 valence electrons. The van der Waals surface area contributed by atoms with Crippen molar-refractivity contribution < 1.29 is 13.2 Å². The molecule has 3 aromatic rings. The Balaban J connectivity index is 1.59. The molecule has 0 saturated carbocycles. The second kappa shape index (κ2) is 8.80. The first-order valence-electron chi connectivity index (χ1n) is 10.6. The Bertz CT molecular complexity index is 1170. The lowest BCUT2D eigenvalue weighted by Crippen LogP contribution is -2.39. The number of piperidine rings is 1. The van der Waals surface area contributed by atoms with Gasteiger partial charge in [-0.1, -0.05) is 18.2 Å². The maximum absolute atomic E-state index is 13.3. The average Bonchev–Trinajstić information content (AvgIpc) is 3.20. The van der Waals surface area contributed by atoms with Crippen LogP contribution in [0.25, 0.3) is 11.3 Å². The van der Waals surface area contributed by atoms with Gasteiger partial charge in [0.15, 0.2) is 0 Å². The third-order valence-corrected chi connectivity index (χ3v) is 7.88. The topological polar surface area (TPSA) is 77.3 Å². The highest BCUT2D eigenvalue weighted by atomic mass is 32.2. The molecule has 1 aliphatic rings. The molecule has 8 heteroatoms. The first kappa shape index (κ1) is 21.5. The van der Waals surface area contributed by atoms with Crippen LogP contribution in [-0.4, -0.2) is 47.7 Å². The first-order valence-corrected chi connectivity index (χ1v) is 12.0. The zero-order valence-electron chi connectivity index (χ0n) is 18.2. The van der Waals surface area contributed by atoms with E-state index in [1.807, 2.05) is 56.3 Å². The summed E-state index contributed by atoms with van der Waals surface area (Å²) in [6.45, 7) is 5.35. The second-order valence-corrected chi connectivity index (χ2v) is 9.70. The van der Waals surface area contributed by atoms with Gasteiger partial charge in [0.05, 0.1) is 24.7 Å². The zero-order valence-corrected chi connectivity index (χ0v) is 19.0. The van der Waals surface area contributed by atoms with Gasteiger partial charge in [0.25, 0.3) is 0 Å². The van der Waals surface area contributed by atoms with Crippen LogP contribution < -0.4 is 4.74 Å². The minimum Gasteiger partial charge on any atom is -0.497 e. The molecule has 31 heavy (non-hydrogen) atoms. The number of hydrogen-bond donors (Lipinski definition) is 0. The molecule has 0 bridgehead atoms. The maximum Gasteiger partial charge on any atom is 0.246 e. The van der Waals surface area contributed by atoms with E-state index in [9.17, 15) is 8.42 Å². The lowest BCUT2D eigenvalue weighted by molar-refractivity contribution is 0.312. The Labute approximate surface area is 183 Å². The van der Waals surface area contributed by atoms with Crippen molar-refractivity contribution in [1.82, 2.24) is 19.1 Å². The molecule has 0 spiro atoms. The van der Waals surface area contributed by atoms with Gasteiger partial charge in [0, 0.05) is 36.8 Å². The fourth-order valence-corrected chi connectivity index (χ4v) is 5.85. The van der Waals surface area contributed by atoms with Gasteiger partial charge in [-0.25, -0.2) is 8.42 Å². The van der Waals surface area contributed by atoms with E-state index in [-0.39, 0.29) is 5.92 Å². The monoisotopic (exact) mass is 440 g/mol. The number of rotatable bonds is 6. The first-order chi connectivity index (χ1) is 14.9. The molecule has 1 fully saturated rings. The molecular formula is C23H28N4O3S. The Morgan fingerprint density at radius 1 is 1.19 bits per heavy atom. The van der Waals surface area contributed by atoms with Crippen molar-refractivity contribution in [3.63, 3.8) is 0 Å². The number of pyridine rings is 1. The van der Waals surface area contributed by atoms with Crippen molar-refractivity contribution in [3.8, 4) is 17.0 Å². The van der Waals surface area contributed by atoms with Crippen molar-refractivity contribution >= 4 is 10.0 Å². The number of methoxy groups -OCH3 is 1. The van der Waals surface area contributed by atoms with Crippen LogP contribution in [0.15, 0.2) is 53.6 Å². The summed E-state index contributed by atoms with van der Waals surface area (Å²) >= 11 is 0. The van der Waals surface area contributed by atoms with Crippen molar-refractivity contribution in [2.75, 3.05) is 20.2 Å². The van der Waals surface area contributed by atoms with Crippen LogP contribution in [0.4, 0.5) is 0 Å². The van der Waals surface area contributed by atoms with Crippen LogP contribution in [-0.2, 0) is 16.6 Å². The molecule has 1 atom stereocenters. The van der Waals surface area contributed by atoms with Crippen molar-refractivity contribution in [2.45, 2.75) is 44.0 Å². The van der Waals surface area contributed by atoms with E-state index >= 15 is 0 Å². The summed E-state index contributed by atoms with van der Waals surface area (Å²) < 4.78 is 35.3. The normalized spacial score (nSPS) is 17.6. The van der Waals surface area contributed by atoms with E-state index in [1.54, 1.807) is 16.1 Å². The quantitative estimate of drug-likeness (QED) is 0.582.